The molecule has 1 aliphatic rings. The summed E-state index contributed by atoms with van der Waals surface area (Å²) in [4.78, 5) is 11.7. The third-order valence-electron chi connectivity index (χ3n) is 2.90. The van der Waals surface area contributed by atoms with Crippen LogP contribution in [0.1, 0.15) is 40.0 Å². The molecular weight excluding hydrogens is 162 g/mol. The van der Waals surface area contributed by atoms with Gasteiger partial charge >= 0.3 is 0 Å². The maximum atomic E-state index is 11.7. The van der Waals surface area contributed by atoms with Crippen LogP contribution >= 0.6 is 0 Å². The third-order valence-corrected chi connectivity index (χ3v) is 2.90. The zero-order chi connectivity index (χ0) is 9.84. The molecular formula is C11H21NO. The molecule has 0 saturated heterocycles. The fourth-order valence-corrected chi connectivity index (χ4v) is 2.19. The first kappa shape index (κ1) is 10.7. The van der Waals surface area contributed by atoms with Gasteiger partial charge in [-0.25, -0.2) is 0 Å². The number of nitrogens with one attached hydrogen (secondary N) is 1. The molecule has 0 aromatic carbocycles. The second kappa shape index (κ2) is 4.75. The van der Waals surface area contributed by atoms with Gasteiger partial charge in [0.15, 0.2) is 0 Å². The molecule has 1 fully saturated rings. The largest absolute Gasteiger partial charge is 0.314 e. The van der Waals surface area contributed by atoms with Crippen molar-refractivity contribution >= 4 is 5.78 Å². The predicted octanol–water partition coefficient (Wildman–Crippen LogP) is 1.99. The topological polar surface area (TPSA) is 29.1 Å². The van der Waals surface area contributed by atoms with Crippen molar-refractivity contribution in [1.29, 1.82) is 0 Å². The smallest absolute Gasteiger partial charge is 0.138 e. The Hall–Kier alpha value is -0.370. The van der Waals surface area contributed by atoms with Crippen LogP contribution in [0.2, 0.25) is 0 Å². The van der Waals surface area contributed by atoms with Gasteiger partial charge in [0.25, 0.3) is 0 Å². The lowest BCUT2D eigenvalue weighted by molar-refractivity contribution is -0.125. The molecule has 1 N–H and O–H groups in total. The Labute approximate surface area is 81.1 Å². The van der Waals surface area contributed by atoms with E-state index in [0.29, 0.717) is 17.7 Å². The minimum absolute atomic E-state index is 0.213. The maximum absolute atomic E-state index is 11.7. The standard InChI is InChI=1S/C11H21NO/c1-4-12-10-6-5-9(7-10)11(13)8(2)3/h8-10,12H,4-7H2,1-3H3/t9-,10+/m0/s1. The Kier molecular flexibility index (Phi) is 3.91. The normalized spacial score (nSPS) is 28.3. The summed E-state index contributed by atoms with van der Waals surface area (Å²) in [5.74, 6) is 1.01. The van der Waals surface area contributed by atoms with Gasteiger partial charge in [-0.1, -0.05) is 20.8 Å². The Morgan fingerprint density at radius 1 is 1.46 bits per heavy atom. The van der Waals surface area contributed by atoms with E-state index in [-0.39, 0.29) is 5.92 Å². The number of hydrogen-bond acceptors (Lipinski definition) is 2. The Morgan fingerprint density at radius 3 is 2.69 bits per heavy atom. The molecule has 0 spiro atoms. The molecule has 0 unspecified atom stereocenters. The Balaban J connectivity index is 2.36. The highest BCUT2D eigenvalue weighted by Crippen LogP contribution is 2.28. The second-order valence-electron chi connectivity index (χ2n) is 4.32. The molecule has 0 aromatic heterocycles. The van der Waals surface area contributed by atoms with Gasteiger partial charge in [-0.15, -0.1) is 0 Å². The van der Waals surface area contributed by atoms with Crippen LogP contribution in [0.3, 0.4) is 0 Å². The molecule has 0 aromatic rings. The van der Waals surface area contributed by atoms with Crippen LogP contribution in [0, 0.1) is 11.8 Å². The highest BCUT2D eigenvalue weighted by Gasteiger charge is 2.30. The molecule has 1 saturated carbocycles. The van der Waals surface area contributed by atoms with E-state index in [9.17, 15) is 4.79 Å². The van der Waals surface area contributed by atoms with E-state index >= 15 is 0 Å². The van der Waals surface area contributed by atoms with Crippen molar-refractivity contribution in [1.82, 2.24) is 5.32 Å². The lowest BCUT2D eigenvalue weighted by Crippen LogP contribution is -2.27. The highest BCUT2D eigenvalue weighted by molar-refractivity contribution is 5.83. The van der Waals surface area contributed by atoms with Gasteiger partial charge in [-0.2, -0.15) is 0 Å². The van der Waals surface area contributed by atoms with Crippen molar-refractivity contribution in [3.63, 3.8) is 0 Å². The molecule has 0 radical (unpaired) electrons. The molecule has 0 amide bonds. The monoisotopic (exact) mass is 183 g/mol. The van der Waals surface area contributed by atoms with Gasteiger partial charge in [0, 0.05) is 17.9 Å². The molecule has 76 valence electrons. The second-order valence-corrected chi connectivity index (χ2v) is 4.32. The van der Waals surface area contributed by atoms with Crippen molar-refractivity contribution < 1.29 is 4.79 Å². The van der Waals surface area contributed by atoms with Crippen molar-refractivity contribution in [3.05, 3.63) is 0 Å². The lowest BCUT2D eigenvalue weighted by atomic mass is 9.94. The van der Waals surface area contributed by atoms with Crippen LogP contribution in [0.5, 0.6) is 0 Å². The van der Waals surface area contributed by atoms with Gasteiger partial charge in [0.2, 0.25) is 0 Å². The Morgan fingerprint density at radius 2 is 2.15 bits per heavy atom. The number of carbonyl (C=O) groups excluding carboxylic acids is 1. The summed E-state index contributed by atoms with van der Waals surface area (Å²) >= 11 is 0. The maximum Gasteiger partial charge on any atom is 0.138 e. The van der Waals surface area contributed by atoms with Crippen molar-refractivity contribution in [3.8, 4) is 0 Å². The first-order valence-corrected chi connectivity index (χ1v) is 5.42. The fraction of sp³-hybridized carbons (Fsp3) is 0.909. The van der Waals surface area contributed by atoms with E-state index < -0.39 is 0 Å². The van der Waals surface area contributed by atoms with E-state index in [0.717, 1.165) is 19.4 Å². The summed E-state index contributed by atoms with van der Waals surface area (Å²) < 4.78 is 0. The molecule has 13 heavy (non-hydrogen) atoms. The van der Waals surface area contributed by atoms with Crippen LogP contribution in [0.25, 0.3) is 0 Å². The summed E-state index contributed by atoms with van der Waals surface area (Å²) in [6.45, 7) is 7.15. The van der Waals surface area contributed by atoms with Crippen LogP contribution < -0.4 is 5.32 Å². The summed E-state index contributed by atoms with van der Waals surface area (Å²) in [5, 5.41) is 3.42. The van der Waals surface area contributed by atoms with Gasteiger partial charge in [-0.3, -0.25) is 4.79 Å². The average Bonchev–Trinajstić information content (AvgIpc) is 2.52. The van der Waals surface area contributed by atoms with Crippen LogP contribution in [-0.2, 0) is 4.79 Å². The fourth-order valence-electron chi connectivity index (χ4n) is 2.19. The van der Waals surface area contributed by atoms with Crippen molar-refractivity contribution in [2.24, 2.45) is 11.8 Å². The van der Waals surface area contributed by atoms with Crippen LogP contribution in [0.4, 0.5) is 0 Å². The quantitative estimate of drug-likeness (QED) is 0.722. The number of Topliss-reactive ketones (excluding diaryl/α,β-unsaturated/α-hetero) is 1. The van der Waals surface area contributed by atoms with Crippen LogP contribution in [0.15, 0.2) is 0 Å². The first-order valence-electron chi connectivity index (χ1n) is 5.42. The molecule has 2 nitrogen and oxygen atoms in total. The predicted molar refractivity (Wildman–Crippen MR) is 54.7 cm³/mol. The number of carbonyl (C=O) groups is 1. The molecule has 1 rings (SSSR count). The molecule has 0 heterocycles. The molecule has 2 atom stereocenters. The highest BCUT2D eigenvalue weighted by atomic mass is 16.1. The van der Waals surface area contributed by atoms with E-state index in [1.807, 2.05) is 13.8 Å². The zero-order valence-corrected chi connectivity index (χ0v) is 8.97. The van der Waals surface area contributed by atoms with E-state index in [1.54, 1.807) is 0 Å². The number of rotatable bonds is 4. The minimum atomic E-state index is 0.213. The average molecular weight is 183 g/mol. The first-order chi connectivity index (χ1) is 6.15. The number of hydrogen-bond donors (Lipinski definition) is 1. The van der Waals surface area contributed by atoms with Crippen molar-refractivity contribution in [2.45, 2.75) is 46.1 Å². The van der Waals surface area contributed by atoms with Crippen LogP contribution in [-0.4, -0.2) is 18.4 Å². The third kappa shape index (κ3) is 2.80. The molecule has 1 aliphatic carbocycles. The summed E-state index contributed by atoms with van der Waals surface area (Å²) in [7, 11) is 0. The van der Waals surface area contributed by atoms with Crippen molar-refractivity contribution in [2.75, 3.05) is 6.54 Å². The van der Waals surface area contributed by atoms with E-state index in [1.165, 1.54) is 6.42 Å². The van der Waals surface area contributed by atoms with Gasteiger partial charge in [-0.05, 0) is 25.8 Å². The van der Waals surface area contributed by atoms with E-state index in [4.69, 9.17) is 0 Å². The molecule has 0 bridgehead atoms. The number of ketones is 1. The molecule has 2 heteroatoms. The SMILES string of the molecule is CCN[C@@H]1CC[C@H](C(=O)C(C)C)C1. The Bertz CT molecular complexity index is 177. The van der Waals surface area contributed by atoms with Gasteiger partial charge in [0.05, 0.1) is 0 Å². The van der Waals surface area contributed by atoms with Gasteiger partial charge < -0.3 is 5.32 Å². The zero-order valence-electron chi connectivity index (χ0n) is 8.97. The molecule has 0 aliphatic heterocycles. The van der Waals surface area contributed by atoms with E-state index in [2.05, 4.69) is 12.2 Å². The summed E-state index contributed by atoms with van der Waals surface area (Å²) in [6.07, 6.45) is 3.33. The summed E-state index contributed by atoms with van der Waals surface area (Å²) in [5.41, 5.74) is 0. The minimum Gasteiger partial charge on any atom is -0.314 e. The summed E-state index contributed by atoms with van der Waals surface area (Å²) in [6, 6.07) is 0.595. The lowest BCUT2D eigenvalue weighted by Gasteiger charge is -2.12. The van der Waals surface area contributed by atoms with Gasteiger partial charge in [0.1, 0.15) is 5.78 Å².